The molecule has 1 amide bonds. The molecule has 0 spiro atoms. The summed E-state index contributed by atoms with van der Waals surface area (Å²) in [5.74, 6) is -0.736. The number of anilines is 1. The van der Waals surface area contributed by atoms with Crippen molar-refractivity contribution in [1.29, 1.82) is 0 Å². The van der Waals surface area contributed by atoms with Crippen molar-refractivity contribution in [2.75, 3.05) is 17.6 Å². The van der Waals surface area contributed by atoms with Gasteiger partial charge in [0, 0.05) is 46.0 Å². The minimum absolute atomic E-state index is 0.0203. The Bertz CT molecular complexity index is 1350. The van der Waals surface area contributed by atoms with Gasteiger partial charge in [0.05, 0.1) is 4.90 Å². The smallest absolute Gasteiger partial charge is 0.323 e. The molecule has 3 aromatic rings. The van der Waals surface area contributed by atoms with Crippen LogP contribution in [0.25, 0.3) is 21.9 Å². The van der Waals surface area contributed by atoms with Crippen LogP contribution in [-0.4, -0.2) is 52.8 Å². The minimum Gasteiger partial charge on any atom is -0.480 e. The largest absolute Gasteiger partial charge is 0.480 e. The quantitative estimate of drug-likeness (QED) is 0.529. The van der Waals surface area contributed by atoms with E-state index in [1.54, 1.807) is 38.1 Å². The Morgan fingerprint density at radius 3 is 2.64 bits per heavy atom. The molecule has 1 aliphatic rings. The Morgan fingerprint density at radius 1 is 1.18 bits per heavy atom. The molecule has 1 aromatic heterocycles. The summed E-state index contributed by atoms with van der Waals surface area (Å²) in [6.45, 7) is 5.55. The highest BCUT2D eigenvalue weighted by atomic mass is 32.2. The second-order valence-corrected chi connectivity index (χ2v) is 12.2. The van der Waals surface area contributed by atoms with E-state index in [0.29, 0.717) is 39.8 Å². The van der Waals surface area contributed by atoms with Crippen LogP contribution in [0.5, 0.6) is 0 Å². The Morgan fingerprint density at radius 2 is 1.94 bits per heavy atom. The molecule has 1 unspecified atom stereocenters. The number of fused-ring (bicyclic) bond motifs is 3. The molecule has 0 radical (unpaired) electrons. The SMILES string of the molecule is CCCC(=O)Nc1ccc2c(c1)oc1ccc(S(=O)(=O)N3CCSC(C)(C)C3C(=O)O)cc12. The number of thioether (sulfide) groups is 1. The summed E-state index contributed by atoms with van der Waals surface area (Å²) in [4.78, 5) is 23.9. The summed E-state index contributed by atoms with van der Waals surface area (Å²) in [6, 6.07) is 8.61. The Balaban J connectivity index is 1.74. The number of carbonyl (C=O) groups is 2. The molecule has 0 bridgehead atoms. The van der Waals surface area contributed by atoms with Crippen molar-refractivity contribution in [3.8, 4) is 0 Å². The van der Waals surface area contributed by atoms with Crippen molar-refractivity contribution >= 4 is 61.3 Å². The van der Waals surface area contributed by atoms with Gasteiger partial charge in [-0.3, -0.25) is 9.59 Å². The number of carboxylic acid groups (broad SMARTS) is 1. The van der Waals surface area contributed by atoms with Gasteiger partial charge in [0.2, 0.25) is 15.9 Å². The molecule has 10 heteroatoms. The zero-order chi connectivity index (χ0) is 24.0. The second kappa shape index (κ2) is 8.66. The van der Waals surface area contributed by atoms with Gasteiger partial charge in [0.1, 0.15) is 17.2 Å². The number of carboxylic acids is 1. The van der Waals surface area contributed by atoms with Gasteiger partial charge in [-0.15, -0.1) is 0 Å². The van der Waals surface area contributed by atoms with E-state index in [1.165, 1.54) is 23.9 Å². The third-order valence-corrected chi connectivity index (χ3v) is 8.99. The molecular weight excluding hydrogens is 464 g/mol. The average molecular weight is 491 g/mol. The van der Waals surface area contributed by atoms with Crippen LogP contribution in [0.1, 0.15) is 33.6 Å². The van der Waals surface area contributed by atoms with Gasteiger partial charge >= 0.3 is 5.97 Å². The van der Waals surface area contributed by atoms with E-state index in [1.807, 2.05) is 6.92 Å². The fourth-order valence-corrected chi connectivity index (χ4v) is 7.34. The first kappa shape index (κ1) is 23.6. The molecule has 1 atom stereocenters. The van der Waals surface area contributed by atoms with Crippen molar-refractivity contribution in [2.24, 2.45) is 0 Å². The zero-order valence-corrected chi connectivity index (χ0v) is 20.3. The lowest BCUT2D eigenvalue weighted by Gasteiger charge is -2.42. The topological polar surface area (TPSA) is 117 Å². The number of hydrogen-bond acceptors (Lipinski definition) is 6. The normalized spacial score (nSPS) is 19.1. The van der Waals surface area contributed by atoms with Crippen molar-refractivity contribution in [3.05, 3.63) is 36.4 Å². The molecule has 8 nitrogen and oxygen atoms in total. The van der Waals surface area contributed by atoms with Crippen LogP contribution in [-0.2, 0) is 19.6 Å². The van der Waals surface area contributed by atoms with Gasteiger partial charge in [-0.05, 0) is 50.6 Å². The predicted molar refractivity (Wildman–Crippen MR) is 129 cm³/mol. The summed E-state index contributed by atoms with van der Waals surface area (Å²) in [5, 5.41) is 13.9. The summed E-state index contributed by atoms with van der Waals surface area (Å²) in [5.41, 5.74) is 1.63. The highest BCUT2D eigenvalue weighted by Crippen LogP contribution is 2.39. The summed E-state index contributed by atoms with van der Waals surface area (Å²) >= 11 is 1.45. The second-order valence-electron chi connectivity index (χ2n) is 8.58. The molecule has 4 rings (SSSR count). The highest BCUT2D eigenvalue weighted by Gasteiger charge is 2.48. The number of carbonyl (C=O) groups excluding carboxylic acids is 1. The number of furan rings is 1. The molecule has 2 N–H and O–H groups in total. The molecule has 1 saturated heterocycles. The molecule has 2 aromatic carbocycles. The molecule has 0 saturated carbocycles. The van der Waals surface area contributed by atoms with E-state index in [9.17, 15) is 23.1 Å². The van der Waals surface area contributed by atoms with E-state index in [-0.39, 0.29) is 17.3 Å². The van der Waals surface area contributed by atoms with Gasteiger partial charge in [0.25, 0.3) is 0 Å². The highest BCUT2D eigenvalue weighted by molar-refractivity contribution is 8.00. The van der Waals surface area contributed by atoms with Crippen LogP contribution in [0.3, 0.4) is 0 Å². The van der Waals surface area contributed by atoms with E-state index < -0.39 is 26.8 Å². The van der Waals surface area contributed by atoms with Crippen LogP contribution in [0, 0.1) is 0 Å². The van der Waals surface area contributed by atoms with Crippen molar-refractivity contribution in [3.63, 3.8) is 0 Å². The van der Waals surface area contributed by atoms with Crippen LogP contribution >= 0.6 is 11.8 Å². The Labute approximate surface area is 196 Å². The Hall–Kier alpha value is -2.56. The van der Waals surface area contributed by atoms with Gasteiger partial charge in [-0.2, -0.15) is 16.1 Å². The zero-order valence-electron chi connectivity index (χ0n) is 18.6. The van der Waals surface area contributed by atoms with E-state index in [4.69, 9.17) is 4.42 Å². The number of aliphatic carboxylic acids is 1. The maximum Gasteiger partial charge on any atom is 0.323 e. The lowest BCUT2D eigenvalue weighted by Crippen LogP contribution is -2.58. The maximum atomic E-state index is 13.5. The molecule has 2 heterocycles. The van der Waals surface area contributed by atoms with Crippen LogP contribution in [0.2, 0.25) is 0 Å². The van der Waals surface area contributed by atoms with Gasteiger partial charge in [-0.1, -0.05) is 6.92 Å². The molecule has 0 aliphatic carbocycles. The first-order valence-electron chi connectivity index (χ1n) is 10.7. The predicted octanol–water partition coefficient (Wildman–Crippen LogP) is 4.29. The number of amides is 1. The van der Waals surface area contributed by atoms with Gasteiger partial charge < -0.3 is 14.8 Å². The lowest BCUT2D eigenvalue weighted by atomic mass is 10.0. The van der Waals surface area contributed by atoms with E-state index in [0.717, 1.165) is 10.7 Å². The lowest BCUT2D eigenvalue weighted by molar-refractivity contribution is -0.142. The van der Waals surface area contributed by atoms with Crippen LogP contribution in [0.15, 0.2) is 45.7 Å². The number of nitrogens with zero attached hydrogens (tertiary/aromatic N) is 1. The number of rotatable bonds is 6. The number of nitrogens with one attached hydrogen (secondary N) is 1. The van der Waals surface area contributed by atoms with E-state index in [2.05, 4.69) is 5.32 Å². The first-order valence-corrected chi connectivity index (χ1v) is 13.1. The van der Waals surface area contributed by atoms with Crippen LogP contribution < -0.4 is 5.32 Å². The number of hydrogen-bond donors (Lipinski definition) is 2. The summed E-state index contributed by atoms with van der Waals surface area (Å²) in [7, 11) is -4.06. The molecule has 33 heavy (non-hydrogen) atoms. The van der Waals surface area contributed by atoms with Crippen molar-refractivity contribution in [1.82, 2.24) is 4.31 Å². The average Bonchev–Trinajstić information content (AvgIpc) is 3.09. The first-order chi connectivity index (χ1) is 15.5. The third kappa shape index (κ3) is 4.34. The number of sulfonamides is 1. The fraction of sp³-hybridized carbons (Fsp3) is 0.391. The standard InChI is InChI=1S/C23H26N2O6S2/c1-4-5-20(26)24-14-6-8-16-17-13-15(7-9-18(17)31-19(16)12-14)33(29,30)25-10-11-32-23(2,3)21(25)22(27)28/h6-9,12-13,21H,4-5,10-11H2,1-3H3,(H,24,26)(H,27,28). The summed E-state index contributed by atoms with van der Waals surface area (Å²) in [6.07, 6.45) is 1.16. The Kier molecular flexibility index (Phi) is 6.19. The fourth-order valence-electron chi connectivity index (χ4n) is 4.21. The molecule has 1 fully saturated rings. The summed E-state index contributed by atoms with van der Waals surface area (Å²) < 4.78 is 33.2. The van der Waals surface area contributed by atoms with Crippen molar-refractivity contribution in [2.45, 2.75) is 49.3 Å². The monoisotopic (exact) mass is 490 g/mol. The van der Waals surface area contributed by atoms with Gasteiger partial charge in [0.15, 0.2) is 0 Å². The number of benzene rings is 2. The van der Waals surface area contributed by atoms with Crippen molar-refractivity contribution < 1.29 is 27.5 Å². The molecule has 1 aliphatic heterocycles. The maximum absolute atomic E-state index is 13.5. The molecular formula is C23H26N2O6S2. The van der Waals surface area contributed by atoms with Crippen LogP contribution in [0.4, 0.5) is 5.69 Å². The third-order valence-electron chi connectivity index (χ3n) is 5.78. The minimum atomic E-state index is -4.06. The van der Waals surface area contributed by atoms with Gasteiger partial charge in [-0.25, -0.2) is 8.42 Å². The van der Waals surface area contributed by atoms with E-state index >= 15 is 0 Å². The molecule has 176 valence electrons.